The second-order valence-corrected chi connectivity index (χ2v) is 6.75. The highest BCUT2D eigenvalue weighted by molar-refractivity contribution is 5.87. The molecule has 1 aromatic heterocycles. The van der Waals surface area contributed by atoms with Crippen LogP contribution in [-0.4, -0.2) is 9.55 Å². The molecular weight excluding hydrogens is 258 g/mol. The number of anilines is 1. The van der Waals surface area contributed by atoms with E-state index >= 15 is 0 Å². The number of nitrogens with zero attached hydrogens (tertiary/aromatic N) is 2. The molecular formula is C18H27N3. The average Bonchev–Trinajstić information content (AvgIpc) is 2.86. The summed E-state index contributed by atoms with van der Waals surface area (Å²) >= 11 is 0. The third kappa shape index (κ3) is 2.92. The van der Waals surface area contributed by atoms with Crippen molar-refractivity contribution in [1.82, 2.24) is 9.55 Å². The van der Waals surface area contributed by atoms with Gasteiger partial charge in [0.1, 0.15) is 11.3 Å². The van der Waals surface area contributed by atoms with Gasteiger partial charge in [0.15, 0.2) is 0 Å². The van der Waals surface area contributed by atoms with Gasteiger partial charge in [-0.1, -0.05) is 38.2 Å². The summed E-state index contributed by atoms with van der Waals surface area (Å²) in [6, 6.07) is 6.55. The highest BCUT2D eigenvalue weighted by atomic mass is 15.1. The van der Waals surface area contributed by atoms with Crippen molar-refractivity contribution in [2.75, 3.05) is 5.73 Å². The minimum absolute atomic E-state index is 0.429. The maximum absolute atomic E-state index is 6.10. The van der Waals surface area contributed by atoms with Gasteiger partial charge in [0.2, 0.25) is 0 Å². The van der Waals surface area contributed by atoms with Crippen molar-refractivity contribution >= 4 is 16.7 Å². The summed E-state index contributed by atoms with van der Waals surface area (Å²) in [7, 11) is 0. The zero-order valence-corrected chi connectivity index (χ0v) is 13.3. The quantitative estimate of drug-likeness (QED) is 0.827. The minimum Gasteiger partial charge on any atom is -0.397 e. The fourth-order valence-corrected chi connectivity index (χ4v) is 3.75. The molecule has 0 bridgehead atoms. The Morgan fingerprint density at radius 1 is 1.24 bits per heavy atom. The fraction of sp³-hybridized carbons (Fsp3) is 0.611. The molecule has 1 aliphatic rings. The number of hydrogen-bond acceptors (Lipinski definition) is 2. The van der Waals surface area contributed by atoms with Crippen molar-refractivity contribution in [2.45, 2.75) is 64.8 Å². The number of imidazole rings is 1. The number of nitrogen functional groups attached to an aromatic ring is 1. The number of para-hydroxylation sites is 1. The van der Waals surface area contributed by atoms with Gasteiger partial charge in [0.05, 0.1) is 11.2 Å². The normalized spacial score (nSPS) is 16.9. The Kier molecular flexibility index (Phi) is 4.18. The second-order valence-electron chi connectivity index (χ2n) is 6.75. The van der Waals surface area contributed by atoms with Crippen LogP contribution in [-0.2, 0) is 6.42 Å². The molecule has 0 radical (unpaired) electrons. The summed E-state index contributed by atoms with van der Waals surface area (Å²) in [6.07, 6.45) is 9.43. The number of hydrogen-bond donors (Lipinski definition) is 1. The van der Waals surface area contributed by atoms with Crippen LogP contribution in [0.1, 0.15) is 64.2 Å². The molecule has 2 aromatic rings. The maximum atomic E-state index is 6.10. The molecule has 3 rings (SSSR count). The lowest BCUT2D eigenvalue weighted by Crippen LogP contribution is -2.11. The van der Waals surface area contributed by atoms with Crippen LogP contribution in [0.5, 0.6) is 0 Å². The number of fused-ring (bicyclic) bond motifs is 1. The zero-order valence-electron chi connectivity index (χ0n) is 13.3. The molecule has 1 aromatic carbocycles. The number of nitrogens with two attached hydrogens (primary N) is 1. The molecule has 0 aliphatic heterocycles. The van der Waals surface area contributed by atoms with Gasteiger partial charge in [-0.2, -0.15) is 0 Å². The Morgan fingerprint density at radius 2 is 2.00 bits per heavy atom. The first-order valence-corrected chi connectivity index (χ1v) is 8.42. The highest BCUT2D eigenvalue weighted by Gasteiger charge is 2.18. The first kappa shape index (κ1) is 14.4. The predicted molar refractivity (Wildman–Crippen MR) is 89.4 cm³/mol. The van der Waals surface area contributed by atoms with Crippen LogP contribution < -0.4 is 5.73 Å². The van der Waals surface area contributed by atoms with Gasteiger partial charge in [-0.3, -0.25) is 0 Å². The van der Waals surface area contributed by atoms with Gasteiger partial charge in [-0.15, -0.1) is 0 Å². The van der Waals surface area contributed by atoms with E-state index in [1.54, 1.807) is 0 Å². The molecule has 0 spiro atoms. The molecule has 1 saturated carbocycles. The molecule has 0 atom stereocenters. The molecule has 1 aliphatic carbocycles. The summed E-state index contributed by atoms with van der Waals surface area (Å²) in [4.78, 5) is 4.86. The van der Waals surface area contributed by atoms with Crippen molar-refractivity contribution in [2.24, 2.45) is 5.92 Å². The SMILES string of the molecule is CC(C)n1c(CCC2CCCCC2)nc2c(N)cccc21. The molecule has 114 valence electrons. The van der Waals surface area contributed by atoms with E-state index in [1.807, 2.05) is 12.1 Å². The Hall–Kier alpha value is -1.51. The monoisotopic (exact) mass is 285 g/mol. The number of aryl methyl sites for hydroxylation is 1. The molecule has 0 unspecified atom stereocenters. The summed E-state index contributed by atoms with van der Waals surface area (Å²) in [5.74, 6) is 2.11. The van der Waals surface area contributed by atoms with Crippen LogP contribution in [0.15, 0.2) is 18.2 Å². The number of rotatable bonds is 4. The smallest absolute Gasteiger partial charge is 0.112 e. The largest absolute Gasteiger partial charge is 0.397 e. The van der Waals surface area contributed by atoms with E-state index < -0.39 is 0 Å². The Bertz CT molecular complexity index is 606. The van der Waals surface area contributed by atoms with Crippen molar-refractivity contribution in [3.63, 3.8) is 0 Å². The first-order chi connectivity index (χ1) is 10.2. The van der Waals surface area contributed by atoms with E-state index in [9.17, 15) is 0 Å². The summed E-state index contributed by atoms with van der Waals surface area (Å²) in [5.41, 5.74) is 9.06. The van der Waals surface area contributed by atoms with E-state index in [0.29, 0.717) is 6.04 Å². The third-order valence-electron chi connectivity index (χ3n) is 4.84. The highest BCUT2D eigenvalue weighted by Crippen LogP contribution is 2.30. The van der Waals surface area contributed by atoms with Gasteiger partial charge in [0.25, 0.3) is 0 Å². The van der Waals surface area contributed by atoms with Crippen LogP contribution >= 0.6 is 0 Å². The predicted octanol–water partition coefficient (Wildman–Crippen LogP) is 4.71. The maximum Gasteiger partial charge on any atom is 0.112 e. The van der Waals surface area contributed by atoms with E-state index in [0.717, 1.165) is 23.5 Å². The molecule has 0 saturated heterocycles. The van der Waals surface area contributed by atoms with Crippen molar-refractivity contribution < 1.29 is 0 Å². The van der Waals surface area contributed by atoms with Gasteiger partial charge < -0.3 is 10.3 Å². The van der Waals surface area contributed by atoms with Crippen molar-refractivity contribution in [1.29, 1.82) is 0 Å². The topological polar surface area (TPSA) is 43.8 Å². The van der Waals surface area contributed by atoms with Gasteiger partial charge in [0, 0.05) is 12.5 Å². The van der Waals surface area contributed by atoms with Gasteiger partial charge in [-0.05, 0) is 38.3 Å². The van der Waals surface area contributed by atoms with Gasteiger partial charge >= 0.3 is 0 Å². The minimum atomic E-state index is 0.429. The van der Waals surface area contributed by atoms with Crippen molar-refractivity contribution in [3.05, 3.63) is 24.0 Å². The summed E-state index contributed by atoms with van der Waals surface area (Å²) in [6.45, 7) is 4.46. The van der Waals surface area contributed by atoms with E-state index in [1.165, 1.54) is 49.9 Å². The summed E-state index contributed by atoms with van der Waals surface area (Å²) < 4.78 is 2.37. The zero-order chi connectivity index (χ0) is 14.8. The lowest BCUT2D eigenvalue weighted by Gasteiger charge is -2.21. The fourth-order valence-electron chi connectivity index (χ4n) is 3.75. The first-order valence-electron chi connectivity index (χ1n) is 8.42. The van der Waals surface area contributed by atoms with Crippen LogP contribution in [0.25, 0.3) is 11.0 Å². The molecule has 0 amide bonds. The van der Waals surface area contributed by atoms with E-state index in [4.69, 9.17) is 10.7 Å². The average molecular weight is 285 g/mol. The Morgan fingerprint density at radius 3 is 2.71 bits per heavy atom. The van der Waals surface area contributed by atoms with Gasteiger partial charge in [-0.25, -0.2) is 4.98 Å². The van der Waals surface area contributed by atoms with E-state index in [-0.39, 0.29) is 0 Å². The lowest BCUT2D eigenvalue weighted by molar-refractivity contribution is 0.335. The standard InChI is InChI=1S/C18H27N3/c1-13(2)21-16-10-6-9-15(19)18(16)20-17(21)12-11-14-7-4-3-5-8-14/h6,9-10,13-14H,3-5,7-8,11-12,19H2,1-2H3. The Labute approximate surface area is 127 Å². The lowest BCUT2D eigenvalue weighted by atomic mass is 9.86. The molecule has 21 heavy (non-hydrogen) atoms. The van der Waals surface area contributed by atoms with Crippen LogP contribution in [0.2, 0.25) is 0 Å². The van der Waals surface area contributed by atoms with Crippen LogP contribution in [0.4, 0.5) is 5.69 Å². The molecule has 1 fully saturated rings. The molecule has 1 heterocycles. The number of aromatic nitrogens is 2. The van der Waals surface area contributed by atoms with Crippen LogP contribution in [0, 0.1) is 5.92 Å². The molecule has 3 nitrogen and oxygen atoms in total. The summed E-state index contributed by atoms with van der Waals surface area (Å²) in [5, 5.41) is 0. The Balaban J connectivity index is 1.86. The molecule has 3 heteroatoms. The number of benzene rings is 1. The van der Waals surface area contributed by atoms with E-state index in [2.05, 4.69) is 24.5 Å². The second kappa shape index (κ2) is 6.08. The van der Waals surface area contributed by atoms with Crippen LogP contribution in [0.3, 0.4) is 0 Å². The van der Waals surface area contributed by atoms with Crippen molar-refractivity contribution in [3.8, 4) is 0 Å². The third-order valence-corrected chi connectivity index (χ3v) is 4.84. The molecule has 2 N–H and O–H groups in total.